The molecule has 0 aliphatic rings. The van der Waals surface area contributed by atoms with Gasteiger partial charge < -0.3 is 15.3 Å². The number of phenolic OH excluding ortho intramolecular Hbond substituents is 3. The van der Waals surface area contributed by atoms with Gasteiger partial charge in [-0.15, -0.1) is 0 Å². The van der Waals surface area contributed by atoms with Crippen LogP contribution >= 0.6 is 0 Å². The molecule has 0 fully saturated rings. The van der Waals surface area contributed by atoms with Crippen molar-refractivity contribution in [2.24, 2.45) is 0 Å². The van der Waals surface area contributed by atoms with Gasteiger partial charge in [-0.25, -0.2) is 0 Å². The summed E-state index contributed by atoms with van der Waals surface area (Å²) in [5.74, 6) is 0.188. The van der Waals surface area contributed by atoms with Gasteiger partial charge in [0.25, 0.3) is 5.91 Å². The number of benzene rings is 3. The maximum Gasteiger partial charge on any atom is 0.261 e. The summed E-state index contributed by atoms with van der Waals surface area (Å²) in [6, 6.07) is 19.6. The zero-order valence-corrected chi connectivity index (χ0v) is 14.8. The highest BCUT2D eigenvalue weighted by Gasteiger charge is 2.16. The van der Waals surface area contributed by atoms with Gasteiger partial charge in [0.2, 0.25) is 0 Å². The Bertz CT molecular complexity index is 1060. The van der Waals surface area contributed by atoms with Crippen LogP contribution in [0.1, 0.15) is 10.4 Å². The Morgan fingerprint density at radius 3 is 1.32 bits per heavy atom. The third-order valence-corrected chi connectivity index (χ3v) is 4.53. The lowest BCUT2D eigenvalue weighted by Crippen LogP contribution is -2.09. The number of hydrogen-bond acceptors (Lipinski definition) is 4. The second-order valence-electron chi connectivity index (χ2n) is 6.44. The molecule has 4 rings (SSSR count). The largest absolute Gasteiger partial charge is 0.508 e. The molecule has 0 aliphatic heterocycles. The van der Waals surface area contributed by atoms with Crippen LogP contribution in [0, 0.1) is 0 Å². The number of phenols is 3. The Labute approximate surface area is 161 Å². The summed E-state index contributed by atoms with van der Waals surface area (Å²) in [5.41, 5.74) is 3.77. The minimum atomic E-state index is -0.231. The molecule has 0 aliphatic carbocycles. The van der Waals surface area contributed by atoms with E-state index in [0.29, 0.717) is 5.56 Å². The molecule has 0 saturated carbocycles. The minimum Gasteiger partial charge on any atom is -0.508 e. The molecular weight excluding hydrogens is 354 g/mol. The summed E-state index contributed by atoms with van der Waals surface area (Å²) in [7, 11) is 0. The van der Waals surface area contributed by atoms with Gasteiger partial charge in [-0.2, -0.15) is 0 Å². The molecule has 3 aromatic carbocycles. The van der Waals surface area contributed by atoms with E-state index in [1.807, 2.05) is 0 Å². The van der Waals surface area contributed by atoms with E-state index in [2.05, 4.69) is 0 Å². The third kappa shape index (κ3) is 3.33. The normalized spacial score (nSPS) is 10.7. The van der Waals surface area contributed by atoms with E-state index in [1.54, 1.807) is 73.1 Å². The topological polar surface area (TPSA) is 82.7 Å². The molecule has 28 heavy (non-hydrogen) atoms. The molecule has 3 N–H and O–H groups in total. The maximum absolute atomic E-state index is 12.9. The van der Waals surface area contributed by atoms with E-state index in [-0.39, 0.29) is 23.2 Å². The number of rotatable bonds is 3. The second-order valence-corrected chi connectivity index (χ2v) is 6.44. The summed E-state index contributed by atoms with van der Waals surface area (Å²) >= 11 is 0. The highest BCUT2D eigenvalue weighted by molar-refractivity contribution is 5.98. The molecule has 0 unspecified atom stereocenters. The van der Waals surface area contributed by atoms with E-state index in [1.165, 1.54) is 16.7 Å². The lowest BCUT2D eigenvalue weighted by Gasteiger charge is -2.05. The van der Waals surface area contributed by atoms with Crippen LogP contribution in [0.4, 0.5) is 0 Å². The fraction of sp³-hybridized carbons (Fsp3) is 0. The number of carbonyl (C=O) groups excluding carboxylic acids is 1. The fourth-order valence-corrected chi connectivity index (χ4v) is 3.07. The zero-order valence-electron chi connectivity index (χ0n) is 14.8. The molecule has 0 saturated heterocycles. The summed E-state index contributed by atoms with van der Waals surface area (Å²) < 4.78 is 1.50. The van der Waals surface area contributed by atoms with Crippen LogP contribution in [0.2, 0.25) is 0 Å². The molecule has 0 radical (unpaired) electrons. The average Bonchev–Trinajstić information content (AvgIpc) is 3.14. The molecule has 1 heterocycles. The first-order valence-corrected chi connectivity index (χ1v) is 8.66. The molecule has 0 spiro atoms. The number of hydrogen-bond donors (Lipinski definition) is 3. The highest BCUT2D eigenvalue weighted by atomic mass is 16.3. The molecule has 0 atom stereocenters. The first-order valence-electron chi connectivity index (χ1n) is 8.66. The van der Waals surface area contributed by atoms with Gasteiger partial charge in [-0.05, 0) is 59.7 Å². The SMILES string of the molecule is O=C(c1ccc(O)cc1)n1cc(-c2ccc(O)cc2)c(-c2ccc(O)cc2)c1. The summed E-state index contributed by atoms with van der Waals surface area (Å²) in [6.07, 6.45) is 3.48. The first-order chi connectivity index (χ1) is 13.5. The number of carbonyl (C=O) groups is 1. The molecule has 1 aromatic heterocycles. The van der Waals surface area contributed by atoms with Crippen molar-refractivity contribution >= 4 is 5.91 Å². The average molecular weight is 371 g/mol. The Kier molecular flexibility index (Phi) is 4.33. The van der Waals surface area contributed by atoms with Crippen LogP contribution in [0.5, 0.6) is 17.2 Å². The van der Waals surface area contributed by atoms with Crippen molar-refractivity contribution in [2.45, 2.75) is 0 Å². The van der Waals surface area contributed by atoms with Crippen LogP contribution in [-0.2, 0) is 0 Å². The number of nitrogens with zero attached hydrogens (tertiary/aromatic N) is 1. The summed E-state index contributed by atoms with van der Waals surface area (Å²) in [6.45, 7) is 0. The van der Waals surface area contributed by atoms with Gasteiger partial charge in [0.05, 0.1) is 0 Å². The molecule has 138 valence electrons. The van der Waals surface area contributed by atoms with Crippen LogP contribution in [0.25, 0.3) is 22.3 Å². The third-order valence-electron chi connectivity index (χ3n) is 4.53. The van der Waals surface area contributed by atoms with E-state index < -0.39 is 0 Å². The quantitative estimate of drug-likeness (QED) is 0.490. The Morgan fingerprint density at radius 1 is 0.571 bits per heavy atom. The summed E-state index contributed by atoms with van der Waals surface area (Å²) in [5, 5.41) is 28.6. The predicted molar refractivity (Wildman–Crippen MR) is 106 cm³/mol. The van der Waals surface area contributed by atoms with Gasteiger partial charge in [0, 0.05) is 29.1 Å². The Morgan fingerprint density at radius 2 is 0.929 bits per heavy atom. The van der Waals surface area contributed by atoms with Crippen LogP contribution in [-0.4, -0.2) is 25.8 Å². The van der Waals surface area contributed by atoms with Gasteiger partial charge in [0.1, 0.15) is 17.2 Å². The van der Waals surface area contributed by atoms with Crippen molar-refractivity contribution in [3.63, 3.8) is 0 Å². The summed E-state index contributed by atoms with van der Waals surface area (Å²) in [4.78, 5) is 12.9. The Hall–Kier alpha value is -3.99. The van der Waals surface area contributed by atoms with Gasteiger partial charge in [-0.1, -0.05) is 24.3 Å². The second kappa shape index (κ2) is 6.96. The minimum absolute atomic E-state index is 0.0959. The van der Waals surface area contributed by atoms with Crippen molar-refractivity contribution in [3.8, 4) is 39.5 Å². The van der Waals surface area contributed by atoms with Crippen LogP contribution in [0.15, 0.2) is 85.2 Å². The van der Waals surface area contributed by atoms with Gasteiger partial charge in [-0.3, -0.25) is 9.36 Å². The van der Waals surface area contributed by atoms with Crippen molar-refractivity contribution < 1.29 is 20.1 Å². The number of aromatic hydroxyl groups is 3. The fourth-order valence-electron chi connectivity index (χ4n) is 3.07. The lowest BCUT2D eigenvalue weighted by atomic mass is 9.99. The van der Waals surface area contributed by atoms with Crippen molar-refractivity contribution in [3.05, 3.63) is 90.8 Å². The van der Waals surface area contributed by atoms with E-state index in [0.717, 1.165) is 22.3 Å². The van der Waals surface area contributed by atoms with Crippen LogP contribution in [0.3, 0.4) is 0 Å². The smallest absolute Gasteiger partial charge is 0.261 e. The van der Waals surface area contributed by atoms with Gasteiger partial charge in [0.15, 0.2) is 0 Å². The van der Waals surface area contributed by atoms with E-state index in [4.69, 9.17) is 0 Å². The predicted octanol–water partition coefficient (Wildman–Crippen LogP) is 4.63. The van der Waals surface area contributed by atoms with Crippen molar-refractivity contribution in [1.82, 2.24) is 4.57 Å². The number of aromatic nitrogens is 1. The molecule has 0 bridgehead atoms. The molecule has 0 amide bonds. The van der Waals surface area contributed by atoms with Crippen molar-refractivity contribution in [1.29, 1.82) is 0 Å². The maximum atomic E-state index is 12.9. The zero-order chi connectivity index (χ0) is 19.7. The molecule has 5 heteroatoms. The molecule has 5 nitrogen and oxygen atoms in total. The highest BCUT2D eigenvalue weighted by Crippen LogP contribution is 2.35. The molecular formula is C23H17NO4. The first kappa shape index (κ1) is 17.4. The Balaban J connectivity index is 1.83. The monoisotopic (exact) mass is 371 g/mol. The standard InChI is InChI=1S/C23H17NO4/c25-18-7-1-15(2-8-18)21-13-24(23(28)17-5-11-20(27)12-6-17)14-22(21)16-3-9-19(26)10-4-16/h1-14,25-27H. The van der Waals surface area contributed by atoms with E-state index in [9.17, 15) is 20.1 Å². The van der Waals surface area contributed by atoms with E-state index >= 15 is 0 Å². The lowest BCUT2D eigenvalue weighted by molar-refractivity contribution is 0.0960. The molecule has 4 aromatic rings. The van der Waals surface area contributed by atoms with Crippen molar-refractivity contribution in [2.75, 3.05) is 0 Å². The van der Waals surface area contributed by atoms with Crippen LogP contribution < -0.4 is 0 Å². The van der Waals surface area contributed by atoms with Gasteiger partial charge >= 0.3 is 0 Å².